The van der Waals surface area contributed by atoms with Gasteiger partial charge in [-0.15, -0.1) is 6.58 Å². The van der Waals surface area contributed by atoms with Crippen molar-refractivity contribution >= 4 is 0 Å². The second-order valence-corrected chi connectivity index (χ2v) is 3.94. The van der Waals surface area contributed by atoms with Gasteiger partial charge in [0.25, 0.3) is 0 Å². The van der Waals surface area contributed by atoms with E-state index < -0.39 is 0 Å². The molecule has 0 spiro atoms. The fourth-order valence-electron chi connectivity index (χ4n) is 1.94. The smallest absolute Gasteiger partial charge is 0.117 e. The van der Waals surface area contributed by atoms with E-state index in [-0.39, 0.29) is 0 Å². The summed E-state index contributed by atoms with van der Waals surface area (Å²) >= 11 is 0. The highest BCUT2D eigenvalue weighted by Crippen LogP contribution is 2.08. The van der Waals surface area contributed by atoms with Gasteiger partial charge in [0, 0.05) is 32.7 Å². The van der Waals surface area contributed by atoms with E-state index in [0.717, 1.165) is 45.0 Å². The van der Waals surface area contributed by atoms with Crippen LogP contribution in [-0.2, 0) is 6.54 Å². The Kier molecular flexibility index (Phi) is 3.59. The summed E-state index contributed by atoms with van der Waals surface area (Å²) in [5.41, 5.74) is 0. The minimum atomic E-state index is 0.939. The highest BCUT2D eigenvalue weighted by atomic mass is 16.3. The highest BCUT2D eigenvalue weighted by molar-refractivity contribution is 4.98. The number of hydrogen-bond acceptors (Lipinski definition) is 3. The SMILES string of the molecule is C=CCN1CCN(Cc2ccco2)CC1. The maximum atomic E-state index is 5.34. The van der Waals surface area contributed by atoms with Crippen LogP contribution in [0.5, 0.6) is 0 Å². The molecule has 1 fully saturated rings. The van der Waals surface area contributed by atoms with Crippen LogP contribution in [-0.4, -0.2) is 42.5 Å². The van der Waals surface area contributed by atoms with Crippen molar-refractivity contribution in [2.75, 3.05) is 32.7 Å². The third-order valence-corrected chi connectivity index (χ3v) is 2.81. The van der Waals surface area contributed by atoms with E-state index in [9.17, 15) is 0 Å². The zero-order valence-corrected chi connectivity index (χ0v) is 9.06. The molecule has 0 saturated carbocycles. The first-order valence-electron chi connectivity index (χ1n) is 5.46. The van der Waals surface area contributed by atoms with Crippen LogP contribution in [0.15, 0.2) is 35.5 Å². The zero-order chi connectivity index (χ0) is 10.5. The molecule has 1 aliphatic heterocycles. The second kappa shape index (κ2) is 5.14. The minimum Gasteiger partial charge on any atom is -0.468 e. The zero-order valence-electron chi connectivity index (χ0n) is 9.06. The molecular formula is C12H18N2O. The van der Waals surface area contributed by atoms with E-state index in [1.165, 1.54) is 0 Å². The maximum absolute atomic E-state index is 5.34. The molecule has 1 aliphatic rings. The van der Waals surface area contributed by atoms with Gasteiger partial charge in [-0.3, -0.25) is 9.80 Å². The molecule has 2 rings (SSSR count). The molecular weight excluding hydrogens is 188 g/mol. The Morgan fingerprint density at radius 2 is 2.00 bits per heavy atom. The largest absolute Gasteiger partial charge is 0.468 e. The quantitative estimate of drug-likeness (QED) is 0.697. The molecule has 0 radical (unpaired) electrons. The van der Waals surface area contributed by atoms with Crippen LogP contribution in [0.3, 0.4) is 0 Å². The Labute approximate surface area is 91.0 Å². The molecule has 0 unspecified atom stereocenters. The summed E-state index contributed by atoms with van der Waals surface area (Å²) in [6, 6.07) is 3.99. The lowest BCUT2D eigenvalue weighted by atomic mass is 10.3. The summed E-state index contributed by atoms with van der Waals surface area (Å²) in [5, 5.41) is 0. The molecule has 82 valence electrons. The Morgan fingerprint density at radius 3 is 2.60 bits per heavy atom. The first-order chi connectivity index (χ1) is 7.38. The third kappa shape index (κ3) is 2.94. The van der Waals surface area contributed by atoms with Gasteiger partial charge in [-0.2, -0.15) is 0 Å². The second-order valence-electron chi connectivity index (χ2n) is 3.94. The van der Waals surface area contributed by atoms with Crippen LogP contribution in [0.2, 0.25) is 0 Å². The number of rotatable bonds is 4. The van der Waals surface area contributed by atoms with Crippen molar-refractivity contribution in [2.45, 2.75) is 6.54 Å². The van der Waals surface area contributed by atoms with Gasteiger partial charge in [0.05, 0.1) is 12.8 Å². The molecule has 0 aliphatic carbocycles. The van der Waals surface area contributed by atoms with Crippen molar-refractivity contribution in [1.29, 1.82) is 0 Å². The average Bonchev–Trinajstić information content (AvgIpc) is 2.74. The predicted octanol–water partition coefficient (Wildman–Crippen LogP) is 1.58. The van der Waals surface area contributed by atoms with Crippen molar-refractivity contribution in [3.05, 3.63) is 36.8 Å². The van der Waals surface area contributed by atoms with Crippen LogP contribution < -0.4 is 0 Å². The summed E-state index contributed by atoms with van der Waals surface area (Å²) in [6.45, 7) is 10.2. The van der Waals surface area contributed by atoms with Crippen LogP contribution in [0, 0.1) is 0 Å². The van der Waals surface area contributed by atoms with Crippen LogP contribution >= 0.6 is 0 Å². The average molecular weight is 206 g/mol. The lowest BCUT2D eigenvalue weighted by Crippen LogP contribution is -2.45. The Morgan fingerprint density at radius 1 is 1.27 bits per heavy atom. The summed E-state index contributed by atoms with van der Waals surface area (Å²) in [7, 11) is 0. The molecule has 15 heavy (non-hydrogen) atoms. The van der Waals surface area contributed by atoms with Gasteiger partial charge in [0.2, 0.25) is 0 Å². The van der Waals surface area contributed by atoms with E-state index in [1.807, 2.05) is 18.2 Å². The van der Waals surface area contributed by atoms with E-state index in [4.69, 9.17) is 4.42 Å². The first-order valence-corrected chi connectivity index (χ1v) is 5.46. The van der Waals surface area contributed by atoms with Gasteiger partial charge in [-0.25, -0.2) is 0 Å². The van der Waals surface area contributed by atoms with E-state index in [0.29, 0.717) is 0 Å². The minimum absolute atomic E-state index is 0.939. The highest BCUT2D eigenvalue weighted by Gasteiger charge is 2.16. The van der Waals surface area contributed by atoms with Gasteiger partial charge in [0.15, 0.2) is 0 Å². The molecule has 0 amide bonds. The van der Waals surface area contributed by atoms with Crippen LogP contribution in [0.25, 0.3) is 0 Å². The van der Waals surface area contributed by atoms with Crippen molar-refractivity contribution in [1.82, 2.24) is 9.80 Å². The maximum Gasteiger partial charge on any atom is 0.117 e. The van der Waals surface area contributed by atoms with Crippen LogP contribution in [0.4, 0.5) is 0 Å². The molecule has 1 aromatic rings. The fourth-order valence-corrected chi connectivity index (χ4v) is 1.94. The molecule has 0 bridgehead atoms. The van der Waals surface area contributed by atoms with Crippen molar-refractivity contribution in [2.24, 2.45) is 0 Å². The lowest BCUT2D eigenvalue weighted by molar-refractivity contribution is 0.130. The molecule has 0 N–H and O–H groups in total. The molecule has 1 saturated heterocycles. The van der Waals surface area contributed by atoms with Crippen molar-refractivity contribution in [3.63, 3.8) is 0 Å². The van der Waals surface area contributed by atoms with Crippen LogP contribution in [0.1, 0.15) is 5.76 Å². The van der Waals surface area contributed by atoms with Gasteiger partial charge >= 0.3 is 0 Å². The van der Waals surface area contributed by atoms with Gasteiger partial charge in [0.1, 0.15) is 5.76 Å². The van der Waals surface area contributed by atoms with Gasteiger partial charge in [-0.05, 0) is 12.1 Å². The van der Waals surface area contributed by atoms with Crippen molar-refractivity contribution < 1.29 is 4.42 Å². The Bertz CT molecular complexity index is 287. The summed E-state index contributed by atoms with van der Waals surface area (Å²) in [6.07, 6.45) is 3.71. The summed E-state index contributed by atoms with van der Waals surface area (Å²) in [5.74, 6) is 1.06. The monoisotopic (exact) mass is 206 g/mol. The topological polar surface area (TPSA) is 19.6 Å². The van der Waals surface area contributed by atoms with Gasteiger partial charge < -0.3 is 4.42 Å². The lowest BCUT2D eigenvalue weighted by Gasteiger charge is -2.33. The molecule has 3 heteroatoms. The molecule has 0 aromatic carbocycles. The normalized spacial score (nSPS) is 19.2. The van der Waals surface area contributed by atoms with E-state index in [1.54, 1.807) is 6.26 Å². The summed E-state index contributed by atoms with van der Waals surface area (Å²) in [4.78, 5) is 4.85. The summed E-state index contributed by atoms with van der Waals surface area (Å²) < 4.78 is 5.34. The third-order valence-electron chi connectivity index (χ3n) is 2.81. The van der Waals surface area contributed by atoms with E-state index in [2.05, 4.69) is 16.4 Å². The molecule has 2 heterocycles. The Balaban J connectivity index is 1.76. The van der Waals surface area contributed by atoms with Crippen molar-refractivity contribution in [3.8, 4) is 0 Å². The molecule has 3 nitrogen and oxygen atoms in total. The van der Waals surface area contributed by atoms with E-state index >= 15 is 0 Å². The molecule has 0 atom stereocenters. The fraction of sp³-hybridized carbons (Fsp3) is 0.500. The number of hydrogen-bond donors (Lipinski definition) is 0. The van der Waals surface area contributed by atoms with Gasteiger partial charge in [-0.1, -0.05) is 6.08 Å². The molecule has 1 aromatic heterocycles. The number of piperazine rings is 1. The Hall–Kier alpha value is -1.06. The predicted molar refractivity (Wildman–Crippen MR) is 60.6 cm³/mol. The standard InChI is InChI=1S/C12H18N2O/c1-2-5-13-6-8-14(9-7-13)11-12-4-3-10-15-12/h2-4,10H,1,5-9,11H2. The number of furan rings is 1. The number of nitrogens with zero attached hydrogens (tertiary/aromatic N) is 2. The first kappa shape index (κ1) is 10.5.